The molecule has 2 fully saturated rings. The fourth-order valence-electron chi connectivity index (χ4n) is 3.29. The molecule has 7 heteroatoms. The fourth-order valence-corrected chi connectivity index (χ4v) is 3.29. The van der Waals surface area contributed by atoms with Crippen LogP contribution in [0.2, 0.25) is 0 Å². The van der Waals surface area contributed by atoms with Crippen molar-refractivity contribution in [2.75, 3.05) is 45.9 Å². The van der Waals surface area contributed by atoms with E-state index in [0.717, 1.165) is 58.7 Å². The third kappa shape index (κ3) is 5.43. The second kappa shape index (κ2) is 9.34. The number of nitrogens with zero attached hydrogens (tertiary/aromatic N) is 2. The first-order chi connectivity index (χ1) is 11.5. The molecule has 2 aliphatic rings. The van der Waals surface area contributed by atoms with E-state index in [4.69, 9.17) is 10.5 Å². The van der Waals surface area contributed by atoms with Crippen LogP contribution in [0, 0.1) is 5.92 Å². The lowest BCUT2D eigenvalue weighted by molar-refractivity contribution is -0.137. The molecule has 24 heavy (non-hydrogen) atoms. The summed E-state index contributed by atoms with van der Waals surface area (Å²) in [6, 6.07) is -0.330. The molecule has 3 N–H and O–H groups in total. The number of carbonyl (C=O) groups excluding carboxylic acids is 2. The smallest absolute Gasteiger partial charge is 0.242 e. The van der Waals surface area contributed by atoms with Gasteiger partial charge in [-0.2, -0.15) is 0 Å². The molecule has 2 rings (SSSR count). The van der Waals surface area contributed by atoms with E-state index in [1.807, 2.05) is 18.7 Å². The molecule has 2 heterocycles. The molecule has 2 atom stereocenters. The summed E-state index contributed by atoms with van der Waals surface area (Å²) in [6.07, 6.45) is 3.22. The van der Waals surface area contributed by atoms with Crippen molar-refractivity contribution >= 4 is 11.8 Å². The summed E-state index contributed by atoms with van der Waals surface area (Å²) in [5, 5.41) is 2.70. The number of carbonyl (C=O) groups is 2. The number of hydrogen-bond acceptors (Lipinski definition) is 5. The van der Waals surface area contributed by atoms with Crippen LogP contribution < -0.4 is 11.1 Å². The minimum absolute atomic E-state index is 0.00253. The molecule has 0 saturated carbocycles. The van der Waals surface area contributed by atoms with Gasteiger partial charge < -0.3 is 20.7 Å². The van der Waals surface area contributed by atoms with Gasteiger partial charge in [-0.15, -0.1) is 0 Å². The van der Waals surface area contributed by atoms with Crippen molar-refractivity contribution in [1.82, 2.24) is 15.1 Å². The van der Waals surface area contributed by atoms with Crippen molar-refractivity contribution in [3.05, 3.63) is 0 Å². The lowest BCUT2D eigenvalue weighted by atomic mass is 10.0. The Balaban J connectivity index is 1.84. The first kappa shape index (κ1) is 19.1. The Bertz CT molecular complexity index is 424. The molecule has 2 saturated heterocycles. The van der Waals surface area contributed by atoms with E-state index in [-0.39, 0.29) is 30.3 Å². The molecule has 0 bridgehead atoms. The predicted octanol–water partition coefficient (Wildman–Crippen LogP) is -0.201. The van der Waals surface area contributed by atoms with E-state index in [0.29, 0.717) is 0 Å². The van der Waals surface area contributed by atoms with Crippen molar-refractivity contribution in [2.45, 2.75) is 45.2 Å². The van der Waals surface area contributed by atoms with Crippen LogP contribution in [0.1, 0.15) is 33.1 Å². The maximum Gasteiger partial charge on any atom is 0.242 e. The van der Waals surface area contributed by atoms with Crippen LogP contribution in [-0.4, -0.2) is 79.6 Å². The first-order valence-corrected chi connectivity index (χ1v) is 9.12. The maximum atomic E-state index is 12.6. The number of ether oxygens (including phenoxy) is 1. The van der Waals surface area contributed by atoms with E-state index < -0.39 is 6.04 Å². The summed E-state index contributed by atoms with van der Waals surface area (Å²) in [5.74, 6) is -0.193. The van der Waals surface area contributed by atoms with Crippen LogP contribution in [0.25, 0.3) is 0 Å². The SMILES string of the molecule is CC(C)[C@H](N)C(=O)NCC(=O)N1CCCCC1CN1CCOCC1. The molecule has 0 spiro atoms. The van der Waals surface area contributed by atoms with Gasteiger partial charge in [-0.25, -0.2) is 0 Å². The van der Waals surface area contributed by atoms with E-state index in [2.05, 4.69) is 10.2 Å². The van der Waals surface area contributed by atoms with Gasteiger partial charge in [0, 0.05) is 32.2 Å². The number of piperidine rings is 1. The lowest BCUT2D eigenvalue weighted by Gasteiger charge is -2.39. The second-order valence-corrected chi connectivity index (χ2v) is 7.14. The second-order valence-electron chi connectivity index (χ2n) is 7.14. The van der Waals surface area contributed by atoms with Crippen molar-refractivity contribution in [3.8, 4) is 0 Å². The highest BCUT2D eigenvalue weighted by Gasteiger charge is 2.29. The van der Waals surface area contributed by atoms with Crippen molar-refractivity contribution in [1.29, 1.82) is 0 Å². The number of morpholine rings is 1. The molecule has 0 aromatic heterocycles. The zero-order valence-corrected chi connectivity index (χ0v) is 15.0. The summed E-state index contributed by atoms with van der Waals surface area (Å²) in [4.78, 5) is 28.8. The standard InChI is InChI=1S/C17H32N4O3/c1-13(2)16(18)17(23)19-11-15(22)21-6-4-3-5-14(21)12-20-7-9-24-10-8-20/h13-14,16H,3-12,18H2,1-2H3,(H,19,23)/t14?,16-/m0/s1. The summed E-state index contributed by atoms with van der Waals surface area (Å²) in [5.41, 5.74) is 5.82. The summed E-state index contributed by atoms with van der Waals surface area (Å²) >= 11 is 0. The number of hydrogen-bond donors (Lipinski definition) is 2. The van der Waals surface area contributed by atoms with Crippen molar-refractivity contribution in [3.63, 3.8) is 0 Å². The molecule has 0 aromatic carbocycles. The Hall–Kier alpha value is -1.18. The van der Waals surface area contributed by atoms with Crippen LogP contribution in [-0.2, 0) is 14.3 Å². The average molecular weight is 340 g/mol. The van der Waals surface area contributed by atoms with Gasteiger partial charge in [0.05, 0.1) is 25.8 Å². The van der Waals surface area contributed by atoms with Crippen molar-refractivity contribution < 1.29 is 14.3 Å². The predicted molar refractivity (Wildman–Crippen MR) is 92.4 cm³/mol. The van der Waals surface area contributed by atoms with E-state index in [1.54, 1.807) is 0 Å². The van der Waals surface area contributed by atoms with E-state index in [1.165, 1.54) is 0 Å². The molecular formula is C17H32N4O3. The Morgan fingerprint density at radius 2 is 1.92 bits per heavy atom. The van der Waals surface area contributed by atoms with Gasteiger partial charge in [-0.3, -0.25) is 14.5 Å². The minimum Gasteiger partial charge on any atom is -0.379 e. The average Bonchev–Trinajstić information content (AvgIpc) is 2.60. The largest absolute Gasteiger partial charge is 0.379 e. The Labute approximate surface area is 144 Å². The van der Waals surface area contributed by atoms with Crippen LogP contribution in [0.15, 0.2) is 0 Å². The van der Waals surface area contributed by atoms with Gasteiger partial charge in [0.2, 0.25) is 11.8 Å². The first-order valence-electron chi connectivity index (χ1n) is 9.12. The third-order valence-electron chi connectivity index (χ3n) is 4.95. The highest BCUT2D eigenvalue weighted by atomic mass is 16.5. The fraction of sp³-hybridized carbons (Fsp3) is 0.882. The van der Waals surface area contributed by atoms with Crippen LogP contribution in [0.4, 0.5) is 0 Å². The normalized spacial score (nSPS) is 24.0. The highest BCUT2D eigenvalue weighted by molar-refractivity contribution is 5.87. The maximum absolute atomic E-state index is 12.6. The molecule has 0 aliphatic carbocycles. The van der Waals surface area contributed by atoms with Gasteiger partial charge in [-0.1, -0.05) is 13.8 Å². The highest BCUT2D eigenvalue weighted by Crippen LogP contribution is 2.18. The zero-order valence-electron chi connectivity index (χ0n) is 15.0. The minimum atomic E-state index is -0.566. The molecule has 0 radical (unpaired) electrons. The summed E-state index contributed by atoms with van der Waals surface area (Å²) in [6.45, 7) is 8.90. The monoisotopic (exact) mass is 340 g/mol. The number of rotatable bonds is 6. The molecule has 1 unspecified atom stereocenters. The Kier molecular flexibility index (Phi) is 7.45. The van der Waals surface area contributed by atoms with Gasteiger partial charge in [-0.05, 0) is 25.2 Å². The van der Waals surface area contributed by atoms with E-state index >= 15 is 0 Å². The Morgan fingerprint density at radius 1 is 1.21 bits per heavy atom. The zero-order chi connectivity index (χ0) is 17.5. The van der Waals surface area contributed by atoms with Gasteiger partial charge in [0.25, 0.3) is 0 Å². The van der Waals surface area contributed by atoms with Crippen molar-refractivity contribution in [2.24, 2.45) is 11.7 Å². The van der Waals surface area contributed by atoms with Crippen LogP contribution >= 0.6 is 0 Å². The molecule has 0 aromatic rings. The molecule has 2 aliphatic heterocycles. The van der Waals surface area contributed by atoms with Crippen LogP contribution in [0.3, 0.4) is 0 Å². The number of nitrogens with one attached hydrogen (secondary N) is 1. The van der Waals surface area contributed by atoms with Gasteiger partial charge in [0.1, 0.15) is 0 Å². The number of amides is 2. The summed E-state index contributed by atoms with van der Waals surface area (Å²) < 4.78 is 5.39. The number of nitrogens with two attached hydrogens (primary N) is 1. The van der Waals surface area contributed by atoms with Gasteiger partial charge in [0.15, 0.2) is 0 Å². The third-order valence-corrected chi connectivity index (χ3v) is 4.95. The van der Waals surface area contributed by atoms with Crippen LogP contribution in [0.5, 0.6) is 0 Å². The topological polar surface area (TPSA) is 87.9 Å². The Morgan fingerprint density at radius 3 is 2.58 bits per heavy atom. The lowest BCUT2D eigenvalue weighted by Crippen LogP contribution is -2.54. The quantitative estimate of drug-likeness (QED) is 0.699. The van der Waals surface area contributed by atoms with E-state index in [9.17, 15) is 9.59 Å². The van der Waals surface area contributed by atoms with Gasteiger partial charge >= 0.3 is 0 Å². The molecule has 7 nitrogen and oxygen atoms in total. The molecular weight excluding hydrogens is 308 g/mol. The number of likely N-dealkylation sites (tertiary alicyclic amines) is 1. The molecule has 138 valence electrons. The summed E-state index contributed by atoms with van der Waals surface area (Å²) in [7, 11) is 0. The molecule has 2 amide bonds.